The Morgan fingerprint density at radius 3 is 2.00 bits per heavy atom. The van der Waals surface area contributed by atoms with Gasteiger partial charge in [0.2, 0.25) is 0 Å². The van der Waals surface area contributed by atoms with Crippen molar-refractivity contribution in [3.8, 4) is 11.4 Å². The Kier molecular flexibility index (Phi) is 3.10. The molecule has 0 fully saturated rings. The molecule has 114 valence electrons. The van der Waals surface area contributed by atoms with Crippen molar-refractivity contribution in [3.05, 3.63) is 76.4 Å². The molecule has 1 aromatic heterocycles. The number of aromatic nitrogens is 2. The number of nitrogens with one attached hydrogen (secondary N) is 1. The normalized spacial score (nSPS) is 11.5. The summed E-state index contributed by atoms with van der Waals surface area (Å²) in [6, 6.07) is 25.4. The van der Waals surface area contributed by atoms with Crippen LogP contribution in [0.15, 0.2) is 72.8 Å². The minimum absolute atomic E-state index is 0.927. The van der Waals surface area contributed by atoms with Crippen molar-refractivity contribution >= 4 is 55.2 Å². The fraction of sp³-hybridized carbons (Fsp3) is 0. The second-order valence-electron chi connectivity index (χ2n) is 5.88. The van der Waals surface area contributed by atoms with Crippen LogP contribution in [0.3, 0.4) is 0 Å². The highest BCUT2D eigenvalue weighted by Crippen LogP contribution is 2.35. The van der Waals surface area contributed by atoms with Gasteiger partial charge in [-0.05, 0) is 39.4 Å². The van der Waals surface area contributed by atoms with Crippen LogP contribution in [0.1, 0.15) is 0 Å². The third-order valence-corrected chi connectivity index (χ3v) is 5.44. The minimum atomic E-state index is 0.927. The molecule has 0 bridgehead atoms. The highest BCUT2D eigenvalue weighted by Gasteiger charge is 2.14. The third-order valence-electron chi connectivity index (χ3n) is 4.50. The van der Waals surface area contributed by atoms with E-state index in [0.717, 1.165) is 22.4 Å². The molecule has 0 aliphatic rings. The molecular formula is C21H13IN2. The number of H-pyrrole nitrogens is 1. The Bertz CT molecular complexity index is 1150. The largest absolute Gasteiger partial charge is 0.337 e. The number of benzene rings is 4. The van der Waals surface area contributed by atoms with Crippen molar-refractivity contribution in [1.82, 2.24) is 9.97 Å². The first-order valence-corrected chi connectivity index (χ1v) is 8.95. The lowest BCUT2D eigenvalue weighted by atomic mass is 10.0. The quantitative estimate of drug-likeness (QED) is 0.256. The number of rotatable bonds is 1. The second kappa shape index (κ2) is 5.31. The Labute approximate surface area is 152 Å². The molecule has 0 saturated carbocycles. The molecule has 0 amide bonds. The van der Waals surface area contributed by atoms with Gasteiger partial charge in [-0.1, -0.05) is 66.7 Å². The molecule has 2 nitrogen and oxygen atoms in total. The number of halogens is 1. The van der Waals surface area contributed by atoms with Gasteiger partial charge in [0.25, 0.3) is 0 Å². The van der Waals surface area contributed by atoms with E-state index in [0.29, 0.717) is 0 Å². The van der Waals surface area contributed by atoms with Crippen LogP contribution in [0.2, 0.25) is 0 Å². The van der Waals surface area contributed by atoms with Crippen LogP contribution in [0.4, 0.5) is 0 Å². The average molecular weight is 420 g/mol. The van der Waals surface area contributed by atoms with Crippen LogP contribution < -0.4 is 0 Å². The summed E-state index contributed by atoms with van der Waals surface area (Å²) in [6.45, 7) is 0. The molecule has 0 spiro atoms. The number of hydrogen-bond donors (Lipinski definition) is 1. The van der Waals surface area contributed by atoms with Gasteiger partial charge in [0.05, 0.1) is 11.0 Å². The Morgan fingerprint density at radius 1 is 0.667 bits per heavy atom. The van der Waals surface area contributed by atoms with E-state index in [1.165, 1.54) is 25.1 Å². The summed E-state index contributed by atoms with van der Waals surface area (Å²) in [5.74, 6) is 0.927. The number of nitrogens with zero attached hydrogens (tertiary/aromatic N) is 1. The molecule has 5 rings (SSSR count). The fourth-order valence-electron chi connectivity index (χ4n) is 3.40. The zero-order chi connectivity index (χ0) is 16.1. The van der Waals surface area contributed by atoms with Crippen molar-refractivity contribution in [2.24, 2.45) is 0 Å². The highest BCUT2D eigenvalue weighted by atomic mass is 127. The molecular weight excluding hydrogens is 407 g/mol. The van der Waals surface area contributed by atoms with E-state index in [9.17, 15) is 0 Å². The van der Waals surface area contributed by atoms with Crippen molar-refractivity contribution in [1.29, 1.82) is 0 Å². The average Bonchev–Trinajstić information content (AvgIpc) is 3.08. The van der Waals surface area contributed by atoms with Crippen molar-refractivity contribution in [2.75, 3.05) is 0 Å². The SMILES string of the molecule is Ic1ccccc1-c1nc2c3ccccc3c3ccccc3c2[nH]1. The lowest BCUT2D eigenvalue weighted by molar-refractivity contribution is 1.33. The molecule has 4 aromatic carbocycles. The van der Waals surface area contributed by atoms with Crippen LogP contribution in [-0.4, -0.2) is 9.97 Å². The van der Waals surface area contributed by atoms with Crippen LogP contribution in [0, 0.1) is 3.57 Å². The summed E-state index contributed by atoms with van der Waals surface area (Å²) in [4.78, 5) is 8.53. The fourth-order valence-corrected chi connectivity index (χ4v) is 4.05. The Morgan fingerprint density at radius 2 is 1.25 bits per heavy atom. The van der Waals surface area contributed by atoms with E-state index < -0.39 is 0 Å². The molecule has 5 aromatic rings. The van der Waals surface area contributed by atoms with Crippen molar-refractivity contribution in [2.45, 2.75) is 0 Å². The van der Waals surface area contributed by atoms with Gasteiger partial charge in [0.1, 0.15) is 5.82 Å². The van der Waals surface area contributed by atoms with Gasteiger partial charge in [0.15, 0.2) is 0 Å². The van der Waals surface area contributed by atoms with Gasteiger partial charge in [-0.25, -0.2) is 4.98 Å². The molecule has 0 unspecified atom stereocenters. The van der Waals surface area contributed by atoms with Gasteiger partial charge in [-0.3, -0.25) is 0 Å². The van der Waals surface area contributed by atoms with Crippen molar-refractivity contribution < 1.29 is 0 Å². The molecule has 0 radical (unpaired) electrons. The zero-order valence-corrected chi connectivity index (χ0v) is 14.9. The first kappa shape index (κ1) is 14.0. The standard InChI is InChI=1S/C21H13IN2/c22-18-12-6-5-11-17(18)21-23-19-15-9-3-1-7-13(15)14-8-2-4-10-16(14)20(19)24-21/h1-12H,(H,23,24). The van der Waals surface area contributed by atoms with Crippen LogP contribution in [0.25, 0.3) is 44.0 Å². The summed E-state index contributed by atoms with van der Waals surface area (Å²) < 4.78 is 1.20. The molecule has 24 heavy (non-hydrogen) atoms. The van der Waals surface area contributed by atoms with E-state index in [-0.39, 0.29) is 0 Å². The summed E-state index contributed by atoms with van der Waals surface area (Å²) in [5.41, 5.74) is 3.29. The van der Waals surface area contributed by atoms with Gasteiger partial charge in [-0.15, -0.1) is 0 Å². The van der Waals surface area contributed by atoms with E-state index >= 15 is 0 Å². The summed E-state index contributed by atoms with van der Waals surface area (Å²) in [7, 11) is 0. The maximum atomic E-state index is 4.96. The third kappa shape index (κ3) is 1.97. The predicted octanol–water partition coefficient (Wildman–Crippen LogP) is 6.14. The predicted molar refractivity (Wildman–Crippen MR) is 109 cm³/mol. The number of aromatic amines is 1. The minimum Gasteiger partial charge on any atom is -0.337 e. The smallest absolute Gasteiger partial charge is 0.139 e. The molecule has 0 atom stereocenters. The van der Waals surface area contributed by atoms with Gasteiger partial charge < -0.3 is 4.98 Å². The maximum absolute atomic E-state index is 4.96. The first-order chi connectivity index (χ1) is 11.8. The molecule has 0 aliphatic carbocycles. The maximum Gasteiger partial charge on any atom is 0.139 e. The number of imidazole rings is 1. The summed E-state index contributed by atoms with van der Waals surface area (Å²) >= 11 is 2.36. The monoisotopic (exact) mass is 420 g/mol. The van der Waals surface area contributed by atoms with Crippen LogP contribution in [-0.2, 0) is 0 Å². The number of fused-ring (bicyclic) bond motifs is 6. The van der Waals surface area contributed by atoms with Gasteiger partial charge >= 0.3 is 0 Å². The summed E-state index contributed by atoms with van der Waals surface area (Å²) in [5, 5.41) is 4.93. The van der Waals surface area contributed by atoms with E-state index in [4.69, 9.17) is 4.98 Å². The van der Waals surface area contributed by atoms with Crippen LogP contribution >= 0.6 is 22.6 Å². The molecule has 0 saturated heterocycles. The highest BCUT2D eigenvalue weighted by molar-refractivity contribution is 14.1. The lowest BCUT2D eigenvalue weighted by Gasteiger charge is -2.05. The second-order valence-corrected chi connectivity index (χ2v) is 7.04. The van der Waals surface area contributed by atoms with Crippen LogP contribution in [0.5, 0.6) is 0 Å². The molecule has 3 heteroatoms. The Balaban J connectivity index is 1.98. The Hall–Kier alpha value is -2.40. The lowest BCUT2D eigenvalue weighted by Crippen LogP contribution is -1.83. The van der Waals surface area contributed by atoms with Crippen molar-refractivity contribution in [3.63, 3.8) is 0 Å². The van der Waals surface area contributed by atoms with E-state index in [2.05, 4.69) is 100 Å². The molecule has 1 heterocycles. The summed E-state index contributed by atoms with van der Waals surface area (Å²) in [6.07, 6.45) is 0. The number of hydrogen-bond acceptors (Lipinski definition) is 1. The van der Waals surface area contributed by atoms with E-state index in [1.807, 2.05) is 0 Å². The molecule has 1 N–H and O–H groups in total. The van der Waals surface area contributed by atoms with Gasteiger partial charge in [0, 0.05) is 19.9 Å². The zero-order valence-electron chi connectivity index (χ0n) is 12.8. The first-order valence-electron chi connectivity index (χ1n) is 7.87. The topological polar surface area (TPSA) is 28.7 Å². The molecule has 0 aliphatic heterocycles. The van der Waals surface area contributed by atoms with Gasteiger partial charge in [-0.2, -0.15) is 0 Å². The van der Waals surface area contributed by atoms with E-state index in [1.54, 1.807) is 0 Å².